The van der Waals surface area contributed by atoms with Gasteiger partial charge in [-0.05, 0) is 43.0 Å². The van der Waals surface area contributed by atoms with E-state index in [0.717, 1.165) is 27.0 Å². The number of thiazole rings is 1. The molecule has 0 unspecified atom stereocenters. The van der Waals surface area contributed by atoms with Crippen molar-refractivity contribution < 1.29 is 4.52 Å². The van der Waals surface area contributed by atoms with Crippen molar-refractivity contribution in [3.63, 3.8) is 0 Å². The summed E-state index contributed by atoms with van der Waals surface area (Å²) in [6.45, 7) is 4.01. The van der Waals surface area contributed by atoms with Gasteiger partial charge < -0.3 is 4.52 Å². The zero-order valence-electron chi connectivity index (χ0n) is 14.0. The second-order valence-electron chi connectivity index (χ2n) is 5.55. The third-order valence-corrected chi connectivity index (χ3v) is 5.52. The second kappa shape index (κ2) is 6.71. The van der Waals surface area contributed by atoms with Gasteiger partial charge >= 0.3 is 0 Å². The van der Waals surface area contributed by atoms with Gasteiger partial charge in [0.05, 0.1) is 4.88 Å². The molecule has 4 heterocycles. The first-order valence-electron chi connectivity index (χ1n) is 7.76. The Kier molecular flexibility index (Phi) is 4.24. The standard InChI is InChI=1S/C18H13N5OS2/c1-11-8-13(12(2)23(11)18-20-5-7-26-18)9-14(10-19)17-21-16(22-24-17)15-4-3-6-25-15/h3-9H,1-2H3/b14-9+. The molecule has 0 radical (unpaired) electrons. The fourth-order valence-electron chi connectivity index (χ4n) is 2.69. The van der Waals surface area contributed by atoms with Crippen LogP contribution in [-0.2, 0) is 0 Å². The lowest BCUT2D eigenvalue weighted by Gasteiger charge is -2.04. The van der Waals surface area contributed by atoms with Crippen molar-refractivity contribution in [1.82, 2.24) is 19.7 Å². The van der Waals surface area contributed by atoms with Gasteiger partial charge in [-0.1, -0.05) is 11.2 Å². The topological polar surface area (TPSA) is 80.5 Å². The molecule has 0 spiro atoms. The van der Waals surface area contributed by atoms with E-state index in [1.165, 1.54) is 11.3 Å². The van der Waals surface area contributed by atoms with Crippen LogP contribution in [0.1, 0.15) is 22.8 Å². The minimum atomic E-state index is 0.218. The number of hydrogen-bond donors (Lipinski definition) is 0. The highest BCUT2D eigenvalue weighted by Gasteiger charge is 2.16. The van der Waals surface area contributed by atoms with Gasteiger partial charge in [-0.3, -0.25) is 4.57 Å². The van der Waals surface area contributed by atoms with Crippen LogP contribution in [0.5, 0.6) is 0 Å². The molecule has 4 aromatic heterocycles. The van der Waals surface area contributed by atoms with Gasteiger partial charge in [0.1, 0.15) is 11.6 Å². The van der Waals surface area contributed by atoms with Gasteiger partial charge in [-0.2, -0.15) is 10.2 Å². The Morgan fingerprint density at radius 1 is 1.31 bits per heavy atom. The Hall–Kier alpha value is -3.02. The number of nitrogens with zero attached hydrogens (tertiary/aromatic N) is 5. The number of hydrogen-bond acceptors (Lipinski definition) is 7. The molecule has 4 rings (SSSR count). The molecule has 0 saturated heterocycles. The van der Waals surface area contributed by atoms with Gasteiger partial charge in [0.25, 0.3) is 5.89 Å². The van der Waals surface area contributed by atoms with E-state index in [9.17, 15) is 5.26 Å². The molecular formula is C18H13N5OS2. The van der Waals surface area contributed by atoms with Crippen molar-refractivity contribution in [3.05, 3.63) is 58.0 Å². The van der Waals surface area contributed by atoms with Crippen molar-refractivity contribution in [2.24, 2.45) is 0 Å². The molecule has 6 nitrogen and oxygen atoms in total. The summed E-state index contributed by atoms with van der Waals surface area (Å²) in [6, 6.07) is 8.02. The zero-order valence-corrected chi connectivity index (χ0v) is 15.6. The molecule has 26 heavy (non-hydrogen) atoms. The summed E-state index contributed by atoms with van der Waals surface area (Å²) in [7, 11) is 0. The molecule has 8 heteroatoms. The summed E-state index contributed by atoms with van der Waals surface area (Å²) in [5, 5.41) is 18.3. The summed E-state index contributed by atoms with van der Waals surface area (Å²) >= 11 is 3.09. The Morgan fingerprint density at radius 3 is 2.88 bits per heavy atom. The zero-order chi connectivity index (χ0) is 18.1. The third-order valence-electron chi connectivity index (χ3n) is 3.90. The van der Waals surface area contributed by atoms with E-state index < -0.39 is 0 Å². The van der Waals surface area contributed by atoms with E-state index in [2.05, 4.69) is 25.8 Å². The molecule has 0 fully saturated rings. The molecule has 128 valence electrons. The summed E-state index contributed by atoms with van der Waals surface area (Å²) in [5.74, 6) is 0.708. The maximum atomic E-state index is 9.57. The summed E-state index contributed by atoms with van der Waals surface area (Å²) < 4.78 is 7.37. The van der Waals surface area contributed by atoms with Crippen LogP contribution in [0.2, 0.25) is 0 Å². The summed E-state index contributed by atoms with van der Waals surface area (Å²) in [5.41, 5.74) is 3.30. The molecule has 0 aliphatic carbocycles. The number of aryl methyl sites for hydroxylation is 1. The fraction of sp³-hybridized carbons (Fsp3) is 0.111. The smallest absolute Gasteiger partial charge is 0.268 e. The first-order chi connectivity index (χ1) is 12.7. The monoisotopic (exact) mass is 379 g/mol. The van der Waals surface area contributed by atoms with Crippen LogP contribution >= 0.6 is 22.7 Å². The van der Waals surface area contributed by atoms with Gasteiger partial charge in [0, 0.05) is 23.0 Å². The van der Waals surface area contributed by atoms with E-state index in [1.54, 1.807) is 23.6 Å². The molecule has 4 aromatic rings. The van der Waals surface area contributed by atoms with Crippen LogP contribution in [-0.4, -0.2) is 19.7 Å². The number of nitriles is 1. The Labute approximate surface area is 157 Å². The van der Waals surface area contributed by atoms with Gasteiger partial charge in [-0.15, -0.1) is 22.7 Å². The van der Waals surface area contributed by atoms with Gasteiger partial charge in [0.15, 0.2) is 5.13 Å². The maximum absolute atomic E-state index is 9.57. The molecule has 0 bridgehead atoms. The summed E-state index contributed by atoms with van der Waals surface area (Å²) in [4.78, 5) is 9.62. The lowest BCUT2D eigenvalue weighted by molar-refractivity contribution is 0.409. The van der Waals surface area contributed by atoms with Crippen molar-refractivity contribution in [2.45, 2.75) is 13.8 Å². The molecule has 0 aromatic carbocycles. The fourth-order valence-corrected chi connectivity index (χ4v) is 4.09. The largest absolute Gasteiger partial charge is 0.333 e. The quantitative estimate of drug-likeness (QED) is 0.479. The minimum absolute atomic E-state index is 0.218. The van der Waals surface area contributed by atoms with Crippen LogP contribution in [0.3, 0.4) is 0 Å². The normalized spacial score (nSPS) is 11.7. The van der Waals surface area contributed by atoms with E-state index >= 15 is 0 Å². The first kappa shape index (κ1) is 16.4. The lowest BCUT2D eigenvalue weighted by atomic mass is 10.1. The minimum Gasteiger partial charge on any atom is -0.333 e. The van der Waals surface area contributed by atoms with E-state index in [1.807, 2.05) is 42.8 Å². The highest BCUT2D eigenvalue weighted by Crippen LogP contribution is 2.27. The van der Waals surface area contributed by atoms with Crippen LogP contribution in [0.4, 0.5) is 0 Å². The number of allylic oxidation sites excluding steroid dienone is 1. The molecule has 0 amide bonds. The number of thiophene rings is 1. The second-order valence-corrected chi connectivity index (χ2v) is 7.37. The first-order valence-corrected chi connectivity index (χ1v) is 9.52. The SMILES string of the molecule is Cc1cc(/C=C(\C#N)c2nc(-c3cccs3)no2)c(C)n1-c1nccs1. The van der Waals surface area contributed by atoms with Crippen LogP contribution in [0.25, 0.3) is 27.5 Å². The highest BCUT2D eigenvalue weighted by molar-refractivity contribution is 7.13. The van der Waals surface area contributed by atoms with Crippen LogP contribution in [0.15, 0.2) is 39.7 Å². The molecule has 0 N–H and O–H groups in total. The Bertz CT molecular complexity index is 1110. The molecule has 0 aliphatic heterocycles. The van der Waals surface area contributed by atoms with Crippen molar-refractivity contribution >= 4 is 34.3 Å². The molecule has 0 aliphatic rings. The van der Waals surface area contributed by atoms with Crippen molar-refractivity contribution in [3.8, 4) is 21.9 Å². The van der Waals surface area contributed by atoms with E-state index in [0.29, 0.717) is 11.4 Å². The number of rotatable bonds is 4. The third kappa shape index (κ3) is 2.87. The Balaban J connectivity index is 1.73. The highest BCUT2D eigenvalue weighted by atomic mass is 32.1. The molecular weight excluding hydrogens is 366 g/mol. The van der Waals surface area contributed by atoms with E-state index in [-0.39, 0.29) is 5.89 Å². The van der Waals surface area contributed by atoms with Crippen LogP contribution in [0, 0.1) is 25.2 Å². The number of aromatic nitrogens is 4. The Morgan fingerprint density at radius 2 is 2.19 bits per heavy atom. The molecule has 0 saturated carbocycles. The molecule has 0 atom stereocenters. The summed E-state index contributed by atoms with van der Waals surface area (Å²) in [6.07, 6.45) is 3.55. The lowest BCUT2D eigenvalue weighted by Crippen LogP contribution is -1.97. The predicted molar refractivity (Wildman–Crippen MR) is 102 cm³/mol. The van der Waals surface area contributed by atoms with Gasteiger partial charge in [0.2, 0.25) is 5.82 Å². The average molecular weight is 379 g/mol. The maximum Gasteiger partial charge on any atom is 0.268 e. The predicted octanol–water partition coefficient (Wildman–Crippen LogP) is 4.73. The average Bonchev–Trinajstić information content (AvgIpc) is 3.41. The van der Waals surface area contributed by atoms with Crippen LogP contribution < -0.4 is 0 Å². The van der Waals surface area contributed by atoms with Crippen molar-refractivity contribution in [2.75, 3.05) is 0 Å². The van der Waals surface area contributed by atoms with Gasteiger partial charge in [-0.25, -0.2) is 4.98 Å². The van der Waals surface area contributed by atoms with Crippen molar-refractivity contribution in [1.29, 1.82) is 5.26 Å². The van der Waals surface area contributed by atoms with E-state index in [4.69, 9.17) is 4.52 Å².